The van der Waals surface area contributed by atoms with E-state index in [9.17, 15) is 4.79 Å². The zero-order chi connectivity index (χ0) is 10.8. The quantitative estimate of drug-likeness (QED) is 0.779. The molecule has 0 unspecified atom stereocenters. The maximum atomic E-state index is 11.7. The van der Waals surface area contributed by atoms with Crippen LogP contribution in [0.3, 0.4) is 0 Å². The predicted molar refractivity (Wildman–Crippen MR) is 59.1 cm³/mol. The summed E-state index contributed by atoms with van der Waals surface area (Å²) in [7, 11) is 0. The van der Waals surface area contributed by atoms with Gasteiger partial charge in [-0.3, -0.25) is 9.89 Å². The molecule has 0 aliphatic rings. The minimum Gasteiger partial charge on any atom is -0.330 e. The standard InChI is InChI=1S/C10H10ClN3O/c11-10-7-3-1-2-6(8(15)4-5-12)9(7)13-14-10/h1-3H,4-5,12H2,(H,13,14). The number of nitrogens with one attached hydrogen (secondary N) is 1. The Morgan fingerprint density at radius 3 is 3.07 bits per heavy atom. The van der Waals surface area contributed by atoms with Crippen LogP contribution in [0.15, 0.2) is 18.2 Å². The SMILES string of the molecule is NCCC(=O)c1cccc2c(Cl)[nH]nc12. The monoisotopic (exact) mass is 223 g/mol. The van der Waals surface area contributed by atoms with Crippen molar-refractivity contribution in [2.45, 2.75) is 6.42 Å². The molecule has 0 radical (unpaired) electrons. The van der Waals surface area contributed by atoms with E-state index in [0.29, 0.717) is 29.2 Å². The zero-order valence-electron chi connectivity index (χ0n) is 7.96. The van der Waals surface area contributed by atoms with Gasteiger partial charge in [0.05, 0.1) is 0 Å². The molecule has 4 nitrogen and oxygen atoms in total. The van der Waals surface area contributed by atoms with E-state index < -0.39 is 0 Å². The lowest BCUT2D eigenvalue weighted by atomic mass is 10.1. The maximum absolute atomic E-state index is 11.7. The molecular formula is C10H10ClN3O. The highest BCUT2D eigenvalue weighted by molar-refractivity contribution is 6.34. The first-order valence-corrected chi connectivity index (χ1v) is 4.97. The fourth-order valence-electron chi connectivity index (χ4n) is 1.50. The van der Waals surface area contributed by atoms with Crippen LogP contribution in [0, 0.1) is 0 Å². The van der Waals surface area contributed by atoms with Gasteiger partial charge >= 0.3 is 0 Å². The Kier molecular flexibility index (Phi) is 2.70. The van der Waals surface area contributed by atoms with E-state index in [0.717, 1.165) is 5.39 Å². The van der Waals surface area contributed by atoms with Gasteiger partial charge in [-0.1, -0.05) is 17.7 Å². The molecule has 3 N–H and O–H groups in total. The van der Waals surface area contributed by atoms with Crippen molar-refractivity contribution < 1.29 is 4.79 Å². The topological polar surface area (TPSA) is 71.8 Å². The van der Waals surface area contributed by atoms with Crippen LogP contribution in [0.1, 0.15) is 16.8 Å². The fraction of sp³-hybridized carbons (Fsp3) is 0.200. The smallest absolute Gasteiger partial charge is 0.166 e. The van der Waals surface area contributed by atoms with Crippen LogP contribution in [0.5, 0.6) is 0 Å². The number of hydrogen-bond donors (Lipinski definition) is 2. The number of halogens is 1. The molecule has 1 aromatic heterocycles. The Hall–Kier alpha value is -1.39. The number of aromatic nitrogens is 2. The van der Waals surface area contributed by atoms with E-state index in [1.807, 2.05) is 6.07 Å². The van der Waals surface area contributed by atoms with Gasteiger partial charge in [-0.2, -0.15) is 5.10 Å². The third kappa shape index (κ3) is 1.73. The highest BCUT2D eigenvalue weighted by atomic mass is 35.5. The van der Waals surface area contributed by atoms with Gasteiger partial charge in [0.2, 0.25) is 0 Å². The lowest BCUT2D eigenvalue weighted by Crippen LogP contribution is -2.08. The number of fused-ring (bicyclic) bond motifs is 1. The Bertz CT molecular complexity index is 506. The highest BCUT2D eigenvalue weighted by Gasteiger charge is 2.12. The van der Waals surface area contributed by atoms with Gasteiger partial charge in [-0.05, 0) is 18.7 Å². The molecule has 2 rings (SSSR count). The number of carbonyl (C=O) groups excluding carboxylic acids is 1. The highest BCUT2D eigenvalue weighted by Crippen LogP contribution is 2.23. The largest absolute Gasteiger partial charge is 0.330 e. The number of carbonyl (C=O) groups is 1. The first kappa shape index (κ1) is 10.1. The van der Waals surface area contributed by atoms with Crippen LogP contribution in [-0.2, 0) is 0 Å². The van der Waals surface area contributed by atoms with Crippen molar-refractivity contribution in [1.29, 1.82) is 0 Å². The van der Waals surface area contributed by atoms with Crippen LogP contribution in [0.25, 0.3) is 10.9 Å². The van der Waals surface area contributed by atoms with Crippen LogP contribution in [0.2, 0.25) is 5.15 Å². The molecule has 5 heteroatoms. The van der Waals surface area contributed by atoms with E-state index in [4.69, 9.17) is 17.3 Å². The lowest BCUT2D eigenvalue weighted by Gasteiger charge is -1.99. The summed E-state index contributed by atoms with van der Waals surface area (Å²) < 4.78 is 0. The molecule has 0 aliphatic heterocycles. The molecule has 0 saturated heterocycles. The first-order chi connectivity index (χ1) is 7.24. The Morgan fingerprint density at radius 2 is 2.33 bits per heavy atom. The molecule has 1 aromatic carbocycles. The van der Waals surface area contributed by atoms with Gasteiger partial charge in [-0.15, -0.1) is 0 Å². The number of aromatic amines is 1. The van der Waals surface area contributed by atoms with Gasteiger partial charge in [0.1, 0.15) is 10.7 Å². The van der Waals surface area contributed by atoms with Crippen molar-refractivity contribution in [2.24, 2.45) is 5.73 Å². The second-order valence-electron chi connectivity index (χ2n) is 3.20. The van der Waals surface area contributed by atoms with Crippen molar-refractivity contribution >= 4 is 28.3 Å². The molecule has 15 heavy (non-hydrogen) atoms. The fourth-order valence-corrected chi connectivity index (χ4v) is 1.69. The van der Waals surface area contributed by atoms with Crippen LogP contribution in [0.4, 0.5) is 0 Å². The Labute approximate surface area is 91.4 Å². The second kappa shape index (κ2) is 4.00. The normalized spacial score (nSPS) is 10.8. The summed E-state index contributed by atoms with van der Waals surface area (Å²) >= 11 is 5.87. The number of Topliss-reactive ketones (excluding diaryl/α,β-unsaturated/α-hetero) is 1. The van der Waals surface area contributed by atoms with Crippen molar-refractivity contribution in [3.05, 3.63) is 28.9 Å². The third-order valence-corrected chi connectivity index (χ3v) is 2.50. The average molecular weight is 224 g/mol. The molecule has 0 bridgehead atoms. The number of H-pyrrole nitrogens is 1. The summed E-state index contributed by atoms with van der Waals surface area (Å²) in [5, 5.41) is 7.86. The van der Waals surface area contributed by atoms with Crippen molar-refractivity contribution in [2.75, 3.05) is 6.54 Å². The van der Waals surface area contributed by atoms with E-state index >= 15 is 0 Å². The van der Waals surface area contributed by atoms with Crippen molar-refractivity contribution in [3.63, 3.8) is 0 Å². The van der Waals surface area contributed by atoms with Gasteiger partial charge in [0.25, 0.3) is 0 Å². The van der Waals surface area contributed by atoms with Gasteiger partial charge in [-0.25, -0.2) is 0 Å². The summed E-state index contributed by atoms with van der Waals surface area (Å²) in [5.41, 5.74) is 6.52. The summed E-state index contributed by atoms with van der Waals surface area (Å²) in [6, 6.07) is 5.34. The van der Waals surface area contributed by atoms with Gasteiger partial charge < -0.3 is 5.73 Å². The van der Waals surface area contributed by atoms with E-state index in [2.05, 4.69) is 10.2 Å². The van der Waals surface area contributed by atoms with E-state index in [1.165, 1.54) is 0 Å². The summed E-state index contributed by atoms with van der Waals surface area (Å²) in [4.78, 5) is 11.7. The minimum atomic E-state index is -0.00809. The minimum absolute atomic E-state index is 0.00809. The molecule has 0 saturated carbocycles. The number of benzene rings is 1. The number of ketones is 1. The van der Waals surface area contributed by atoms with Crippen LogP contribution < -0.4 is 5.73 Å². The average Bonchev–Trinajstić information content (AvgIpc) is 2.61. The molecule has 1 heterocycles. The van der Waals surface area contributed by atoms with Crippen molar-refractivity contribution in [1.82, 2.24) is 10.2 Å². The maximum Gasteiger partial charge on any atom is 0.166 e. The molecule has 78 valence electrons. The molecule has 0 spiro atoms. The molecular weight excluding hydrogens is 214 g/mol. The Balaban J connectivity index is 2.56. The van der Waals surface area contributed by atoms with E-state index in [-0.39, 0.29) is 5.78 Å². The van der Waals surface area contributed by atoms with Crippen LogP contribution in [-0.4, -0.2) is 22.5 Å². The number of hydrogen-bond acceptors (Lipinski definition) is 3. The summed E-state index contributed by atoms with van der Waals surface area (Å²) in [5.74, 6) is -0.00809. The van der Waals surface area contributed by atoms with Gasteiger partial charge in [0, 0.05) is 17.4 Å². The predicted octanol–water partition coefficient (Wildman–Crippen LogP) is 1.75. The molecule has 0 atom stereocenters. The molecule has 0 aliphatic carbocycles. The van der Waals surface area contributed by atoms with Gasteiger partial charge in [0.15, 0.2) is 5.78 Å². The lowest BCUT2D eigenvalue weighted by molar-refractivity contribution is 0.0987. The molecule has 2 aromatic rings. The molecule has 0 amide bonds. The summed E-state index contributed by atoms with van der Waals surface area (Å²) in [6.07, 6.45) is 0.323. The number of nitrogens with zero attached hydrogens (tertiary/aromatic N) is 1. The van der Waals surface area contributed by atoms with E-state index in [1.54, 1.807) is 12.1 Å². The van der Waals surface area contributed by atoms with Crippen LogP contribution >= 0.6 is 11.6 Å². The molecule has 0 fully saturated rings. The number of para-hydroxylation sites is 1. The number of rotatable bonds is 3. The first-order valence-electron chi connectivity index (χ1n) is 4.60. The summed E-state index contributed by atoms with van der Waals surface area (Å²) in [6.45, 7) is 0.341. The Morgan fingerprint density at radius 1 is 1.53 bits per heavy atom. The van der Waals surface area contributed by atoms with Crippen molar-refractivity contribution in [3.8, 4) is 0 Å². The second-order valence-corrected chi connectivity index (χ2v) is 3.58. The zero-order valence-corrected chi connectivity index (χ0v) is 8.71. The number of nitrogens with two attached hydrogens (primary N) is 1. The third-order valence-electron chi connectivity index (χ3n) is 2.21.